The number of benzene rings is 1. The Balaban J connectivity index is 1.66. The van der Waals surface area contributed by atoms with Gasteiger partial charge in [0, 0.05) is 24.7 Å². The molecule has 1 aliphatic rings. The van der Waals surface area contributed by atoms with Crippen molar-refractivity contribution in [3.8, 4) is 5.82 Å². The number of halogens is 5. The molecule has 1 atom stereocenters. The Morgan fingerprint density at radius 3 is 2.73 bits per heavy atom. The maximum absolute atomic E-state index is 13.5. The number of hydrogen-bond acceptors (Lipinski definition) is 4. The lowest BCUT2D eigenvalue weighted by Crippen LogP contribution is -2.43. The second-order valence-electron chi connectivity index (χ2n) is 6.88. The molecule has 0 aliphatic carbocycles. The largest absolute Gasteiger partial charge is 0.417 e. The zero-order valence-corrected chi connectivity index (χ0v) is 16.2. The predicted octanol–water partition coefficient (Wildman–Crippen LogP) is 4.06. The zero-order chi connectivity index (χ0) is 21.6. The lowest BCUT2D eigenvalue weighted by atomic mass is 10.0. The van der Waals surface area contributed by atoms with Crippen molar-refractivity contribution in [2.24, 2.45) is 0 Å². The molecule has 0 bridgehead atoms. The van der Waals surface area contributed by atoms with Crippen LogP contribution >= 0.6 is 11.6 Å². The average Bonchev–Trinajstić information content (AvgIpc) is 3.08. The molecule has 6 nitrogen and oxygen atoms in total. The van der Waals surface area contributed by atoms with Crippen LogP contribution in [0.4, 0.5) is 17.6 Å². The van der Waals surface area contributed by atoms with Crippen molar-refractivity contribution in [3.63, 3.8) is 0 Å². The van der Waals surface area contributed by atoms with Crippen molar-refractivity contribution in [2.75, 3.05) is 0 Å². The van der Waals surface area contributed by atoms with E-state index in [0.717, 1.165) is 12.1 Å². The molecule has 0 N–H and O–H groups in total. The van der Waals surface area contributed by atoms with Crippen molar-refractivity contribution in [2.45, 2.75) is 32.1 Å². The van der Waals surface area contributed by atoms with Gasteiger partial charge in [0.15, 0.2) is 5.82 Å². The Kier molecular flexibility index (Phi) is 4.97. The summed E-state index contributed by atoms with van der Waals surface area (Å²) < 4.78 is 54.3. The van der Waals surface area contributed by atoms with Crippen molar-refractivity contribution in [1.29, 1.82) is 0 Å². The molecule has 0 radical (unpaired) electrons. The van der Waals surface area contributed by atoms with Gasteiger partial charge in [-0.25, -0.2) is 9.37 Å². The predicted molar refractivity (Wildman–Crippen MR) is 98.6 cm³/mol. The molecule has 1 aliphatic heterocycles. The summed E-state index contributed by atoms with van der Waals surface area (Å²) in [5.74, 6) is -0.872. The second-order valence-corrected chi connectivity index (χ2v) is 7.26. The summed E-state index contributed by atoms with van der Waals surface area (Å²) in [5, 5.41) is 7.41. The third-order valence-electron chi connectivity index (χ3n) is 4.90. The molecular weight excluding hydrogens is 426 g/mol. The van der Waals surface area contributed by atoms with Crippen molar-refractivity contribution >= 4 is 17.5 Å². The molecule has 0 spiro atoms. The number of rotatable bonds is 2. The third kappa shape index (κ3) is 3.51. The summed E-state index contributed by atoms with van der Waals surface area (Å²) >= 11 is 5.91. The quantitative estimate of drug-likeness (QED) is 0.565. The maximum Gasteiger partial charge on any atom is 0.417 e. The van der Waals surface area contributed by atoms with E-state index >= 15 is 0 Å². The molecule has 30 heavy (non-hydrogen) atoms. The normalized spacial score (nSPS) is 16.5. The molecule has 1 aromatic carbocycles. The highest BCUT2D eigenvalue weighted by molar-refractivity contribution is 6.34. The van der Waals surface area contributed by atoms with Crippen LogP contribution < -0.4 is 0 Å². The first-order chi connectivity index (χ1) is 14.2. The summed E-state index contributed by atoms with van der Waals surface area (Å²) in [7, 11) is 0. The Morgan fingerprint density at radius 1 is 1.27 bits per heavy atom. The van der Waals surface area contributed by atoms with E-state index in [-0.39, 0.29) is 24.0 Å². The van der Waals surface area contributed by atoms with Gasteiger partial charge in [-0.2, -0.15) is 17.9 Å². The molecule has 156 valence electrons. The van der Waals surface area contributed by atoms with Crippen molar-refractivity contribution < 1.29 is 22.4 Å². The van der Waals surface area contributed by atoms with Gasteiger partial charge >= 0.3 is 6.18 Å². The van der Waals surface area contributed by atoms with E-state index in [9.17, 15) is 22.4 Å². The fourth-order valence-electron chi connectivity index (χ4n) is 3.40. The van der Waals surface area contributed by atoms with Crippen LogP contribution in [-0.4, -0.2) is 36.8 Å². The SMILES string of the molecule is C[C@@H]1Cc2c(nnn2-c2cc(F)ccn2)CN1C(=O)c1cccc(C(F)(F)F)c1Cl. The number of hydrogen-bond donors (Lipinski definition) is 0. The highest BCUT2D eigenvalue weighted by atomic mass is 35.5. The summed E-state index contributed by atoms with van der Waals surface area (Å²) in [4.78, 5) is 18.5. The lowest BCUT2D eigenvalue weighted by Gasteiger charge is -2.33. The maximum atomic E-state index is 13.5. The van der Waals surface area contributed by atoms with Crippen molar-refractivity contribution in [3.05, 3.63) is 69.9 Å². The first kappa shape index (κ1) is 20.3. The van der Waals surface area contributed by atoms with Gasteiger partial charge in [0.1, 0.15) is 11.5 Å². The van der Waals surface area contributed by atoms with Gasteiger partial charge in [-0.05, 0) is 25.1 Å². The molecule has 0 fully saturated rings. The Hall–Kier alpha value is -3.01. The van der Waals surface area contributed by atoms with E-state index in [4.69, 9.17) is 11.6 Å². The molecule has 11 heteroatoms. The summed E-state index contributed by atoms with van der Waals surface area (Å²) in [6.45, 7) is 1.77. The Labute approximate surface area is 173 Å². The van der Waals surface area contributed by atoms with Gasteiger partial charge in [0.25, 0.3) is 5.91 Å². The van der Waals surface area contributed by atoms with Gasteiger partial charge in [-0.3, -0.25) is 4.79 Å². The first-order valence-electron chi connectivity index (χ1n) is 8.89. The number of nitrogens with zero attached hydrogens (tertiary/aromatic N) is 5. The summed E-state index contributed by atoms with van der Waals surface area (Å²) in [5.41, 5.74) is -0.195. The summed E-state index contributed by atoms with van der Waals surface area (Å²) in [6.07, 6.45) is -3.06. The van der Waals surface area contributed by atoms with Crippen LogP contribution in [0.3, 0.4) is 0 Å². The fourth-order valence-corrected chi connectivity index (χ4v) is 3.72. The van der Waals surface area contributed by atoms with Gasteiger partial charge in [0.05, 0.1) is 28.4 Å². The number of fused-ring (bicyclic) bond motifs is 1. The number of pyridine rings is 1. The van der Waals surface area contributed by atoms with Crippen LogP contribution in [-0.2, 0) is 19.1 Å². The summed E-state index contributed by atoms with van der Waals surface area (Å²) in [6, 6.07) is 5.26. The molecular formula is C19H14ClF4N5O. The topological polar surface area (TPSA) is 63.9 Å². The Bertz CT molecular complexity index is 1130. The molecule has 3 aromatic rings. The smallest absolute Gasteiger partial charge is 0.329 e. The zero-order valence-electron chi connectivity index (χ0n) is 15.5. The van der Waals surface area contributed by atoms with Crippen LogP contribution in [0.1, 0.15) is 34.2 Å². The molecule has 0 unspecified atom stereocenters. The minimum Gasteiger partial charge on any atom is -0.329 e. The van der Waals surface area contributed by atoms with Crippen LogP contribution in [0.15, 0.2) is 36.5 Å². The van der Waals surface area contributed by atoms with Crippen LogP contribution in [0.25, 0.3) is 5.82 Å². The minimum absolute atomic E-state index is 0.0250. The monoisotopic (exact) mass is 439 g/mol. The highest BCUT2D eigenvalue weighted by Gasteiger charge is 2.37. The van der Waals surface area contributed by atoms with Crippen LogP contribution in [0, 0.1) is 5.82 Å². The highest BCUT2D eigenvalue weighted by Crippen LogP contribution is 2.37. The number of carbonyl (C=O) groups is 1. The van der Waals surface area contributed by atoms with E-state index in [2.05, 4.69) is 15.3 Å². The Morgan fingerprint density at radius 2 is 2.03 bits per heavy atom. The van der Waals surface area contributed by atoms with E-state index in [1.165, 1.54) is 34.0 Å². The molecule has 0 saturated carbocycles. The number of amides is 1. The number of alkyl halides is 3. The lowest BCUT2D eigenvalue weighted by molar-refractivity contribution is -0.137. The van der Waals surface area contributed by atoms with E-state index < -0.39 is 28.5 Å². The van der Waals surface area contributed by atoms with Gasteiger partial charge in [-0.1, -0.05) is 22.9 Å². The van der Waals surface area contributed by atoms with E-state index in [0.29, 0.717) is 17.8 Å². The van der Waals surface area contributed by atoms with Crippen molar-refractivity contribution in [1.82, 2.24) is 24.9 Å². The third-order valence-corrected chi connectivity index (χ3v) is 5.31. The molecule has 4 rings (SSSR count). The van der Waals surface area contributed by atoms with Gasteiger partial charge in [-0.15, -0.1) is 5.10 Å². The molecule has 3 heterocycles. The van der Waals surface area contributed by atoms with E-state index in [1.54, 1.807) is 6.92 Å². The first-order valence-corrected chi connectivity index (χ1v) is 9.26. The molecule has 1 amide bonds. The fraction of sp³-hybridized carbons (Fsp3) is 0.263. The minimum atomic E-state index is -4.67. The number of carbonyl (C=O) groups excluding carboxylic acids is 1. The van der Waals surface area contributed by atoms with Gasteiger partial charge < -0.3 is 4.90 Å². The second kappa shape index (κ2) is 7.35. The van der Waals surface area contributed by atoms with Gasteiger partial charge in [0.2, 0.25) is 0 Å². The standard InChI is InChI=1S/C19H14ClF4N5O/c1-10-7-15-14(26-27-29(15)16-8-11(21)5-6-25-16)9-28(10)18(30)12-3-2-4-13(17(12)20)19(22,23)24/h2-6,8,10H,7,9H2,1H3/t10-/m1/s1. The number of aromatic nitrogens is 4. The molecule has 0 saturated heterocycles. The molecule has 2 aromatic heterocycles. The van der Waals surface area contributed by atoms with Crippen LogP contribution in [0.5, 0.6) is 0 Å². The average molecular weight is 440 g/mol. The van der Waals surface area contributed by atoms with Crippen LogP contribution in [0.2, 0.25) is 5.02 Å². The van der Waals surface area contributed by atoms with E-state index in [1.807, 2.05) is 0 Å².